The minimum Gasteiger partial charge on any atom is -0.490 e. The number of rotatable bonds is 3. The lowest BCUT2D eigenvalue weighted by molar-refractivity contribution is 0.292. The summed E-state index contributed by atoms with van der Waals surface area (Å²) in [5, 5.41) is 3.06. The first-order valence-electron chi connectivity index (χ1n) is 6.91. The van der Waals surface area contributed by atoms with E-state index >= 15 is 0 Å². The first-order valence-corrected chi connectivity index (χ1v) is 6.91. The normalized spacial score (nSPS) is 27.2. The molecule has 0 saturated carbocycles. The highest BCUT2D eigenvalue weighted by Gasteiger charge is 2.32. The average molecular weight is 264 g/mol. The van der Waals surface area contributed by atoms with Gasteiger partial charge < -0.3 is 15.0 Å². The summed E-state index contributed by atoms with van der Waals surface area (Å²) in [6.45, 7) is 7.88. The SMILES string of the molecule is CNc1ncnc(N2CC(C)CC(C)C2C)c1OC. The maximum absolute atomic E-state index is 5.51. The van der Waals surface area contributed by atoms with Crippen LogP contribution < -0.4 is 15.0 Å². The first-order chi connectivity index (χ1) is 9.08. The lowest BCUT2D eigenvalue weighted by Gasteiger charge is -2.42. The Morgan fingerprint density at radius 1 is 1.32 bits per heavy atom. The zero-order valence-corrected chi connectivity index (χ0v) is 12.5. The number of nitrogens with one attached hydrogen (secondary N) is 1. The molecule has 5 heteroatoms. The minimum atomic E-state index is 0.463. The van der Waals surface area contributed by atoms with Gasteiger partial charge in [-0.05, 0) is 25.2 Å². The zero-order valence-electron chi connectivity index (χ0n) is 12.5. The summed E-state index contributed by atoms with van der Waals surface area (Å²) in [4.78, 5) is 11.0. The predicted octanol–water partition coefficient (Wildman–Crippen LogP) is 2.40. The highest BCUT2D eigenvalue weighted by atomic mass is 16.5. The maximum atomic E-state index is 5.51. The highest BCUT2D eigenvalue weighted by molar-refractivity contribution is 5.65. The Bertz CT molecular complexity index is 437. The molecule has 106 valence electrons. The minimum absolute atomic E-state index is 0.463. The van der Waals surface area contributed by atoms with Crippen LogP contribution >= 0.6 is 0 Å². The molecule has 2 heterocycles. The second-order valence-corrected chi connectivity index (χ2v) is 5.54. The molecule has 0 aliphatic carbocycles. The standard InChI is InChI=1S/C14H24N4O/c1-9-6-10(2)11(3)18(7-9)14-12(19-5)13(15-4)16-8-17-14/h8-11H,6-7H2,1-5H3,(H,15,16,17). The fourth-order valence-corrected chi connectivity index (χ4v) is 2.93. The van der Waals surface area contributed by atoms with Crippen molar-refractivity contribution in [1.29, 1.82) is 0 Å². The van der Waals surface area contributed by atoms with E-state index in [1.54, 1.807) is 13.4 Å². The molecule has 1 fully saturated rings. The van der Waals surface area contributed by atoms with Crippen LogP contribution in [0, 0.1) is 11.8 Å². The Balaban J connectivity index is 2.39. The summed E-state index contributed by atoms with van der Waals surface area (Å²) in [7, 11) is 3.52. The molecule has 3 unspecified atom stereocenters. The molecule has 3 atom stereocenters. The third-order valence-corrected chi connectivity index (χ3v) is 4.10. The summed E-state index contributed by atoms with van der Waals surface area (Å²) >= 11 is 0. The zero-order chi connectivity index (χ0) is 14.0. The average Bonchev–Trinajstić information content (AvgIpc) is 2.41. The van der Waals surface area contributed by atoms with Gasteiger partial charge in [0.15, 0.2) is 11.6 Å². The van der Waals surface area contributed by atoms with E-state index in [1.807, 2.05) is 7.05 Å². The largest absolute Gasteiger partial charge is 0.490 e. The van der Waals surface area contributed by atoms with E-state index in [9.17, 15) is 0 Å². The molecule has 1 aliphatic heterocycles. The van der Waals surface area contributed by atoms with Gasteiger partial charge in [-0.3, -0.25) is 0 Å². The Labute approximate surface area is 115 Å². The molecule has 2 rings (SSSR count). The van der Waals surface area contributed by atoms with E-state index in [0.717, 1.165) is 23.9 Å². The van der Waals surface area contributed by atoms with Crippen molar-refractivity contribution in [1.82, 2.24) is 9.97 Å². The van der Waals surface area contributed by atoms with Gasteiger partial charge in [-0.1, -0.05) is 13.8 Å². The lowest BCUT2D eigenvalue weighted by Crippen LogP contribution is -2.46. The van der Waals surface area contributed by atoms with E-state index in [-0.39, 0.29) is 0 Å². The number of hydrogen-bond donors (Lipinski definition) is 1. The van der Waals surface area contributed by atoms with Crippen LogP contribution in [-0.2, 0) is 0 Å². The molecule has 1 saturated heterocycles. The van der Waals surface area contributed by atoms with Crippen LogP contribution in [0.15, 0.2) is 6.33 Å². The Kier molecular flexibility index (Phi) is 4.12. The van der Waals surface area contributed by atoms with Crippen molar-refractivity contribution in [3.05, 3.63) is 6.33 Å². The molecular formula is C14H24N4O. The van der Waals surface area contributed by atoms with Crippen molar-refractivity contribution in [2.24, 2.45) is 11.8 Å². The van der Waals surface area contributed by atoms with Crippen molar-refractivity contribution in [2.75, 3.05) is 30.9 Å². The molecule has 5 nitrogen and oxygen atoms in total. The number of hydrogen-bond acceptors (Lipinski definition) is 5. The summed E-state index contributed by atoms with van der Waals surface area (Å²) in [5.74, 6) is 3.70. The van der Waals surface area contributed by atoms with Gasteiger partial charge in [0, 0.05) is 19.6 Å². The number of aromatic nitrogens is 2. The van der Waals surface area contributed by atoms with E-state index in [1.165, 1.54) is 6.42 Å². The van der Waals surface area contributed by atoms with E-state index in [4.69, 9.17) is 4.74 Å². The smallest absolute Gasteiger partial charge is 0.204 e. The van der Waals surface area contributed by atoms with Gasteiger partial charge in [0.2, 0.25) is 5.75 Å². The fraction of sp³-hybridized carbons (Fsp3) is 0.714. The summed E-state index contributed by atoms with van der Waals surface area (Å²) < 4.78 is 5.51. The maximum Gasteiger partial charge on any atom is 0.204 e. The van der Waals surface area contributed by atoms with Gasteiger partial charge in [0.05, 0.1) is 7.11 Å². The topological polar surface area (TPSA) is 50.3 Å². The van der Waals surface area contributed by atoms with Gasteiger partial charge in [0.25, 0.3) is 0 Å². The molecule has 0 spiro atoms. The van der Waals surface area contributed by atoms with Crippen LogP contribution in [0.4, 0.5) is 11.6 Å². The Hall–Kier alpha value is -1.52. The van der Waals surface area contributed by atoms with Gasteiger partial charge in [-0.15, -0.1) is 0 Å². The van der Waals surface area contributed by atoms with Gasteiger partial charge in [-0.25, -0.2) is 9.97 Å². The van der Waals surface area contributed by atoms with Crippen molar-refractivity contribution in [3.8, 4) is 5.75 Å². The molecule has 0 amide bonds. The van der Waals surface area contributed by atoms with Crippen molar-refractivity contribution < 1.29 is 4.74 Å². The van der Waals surface area contributed by atoms with Crippen LogP contribution in [-0.4, -0.2) is 36.7 Å². The number of ether oxygens (including phenoxy) is 1. The Morgan fingerprint density at radius 2 is 2.05 bits per heavy atom. The number of piperidine rings is 1. The van der Waals surface area contributed by atoms with Crippen LogP contribution in [0.5, 0.6) is 5.75 Å². The second kappa shape index (κ2) is 5.63. The molecule has 1 aromatic heterocycles. The van der Waals surface area contributed by atoms with E-state index < -0.39 is 0 Å². The van der Waals surface area contributed by atoms with Crippen molar-refractivity contribution in [2.45, 2.75) is 33.2 Å². The van der Waals surface area contributed by atoms with Crippen LogP contribution in [0.1, 0.15) is 27.2 Å². The fourth-order valence-electron chi connectivity index (χ4n) is 2.93. The second-order valence-electron chi connectivity index (χ2n) is 5.54. The summed E-state index contributed by atoms with van der Waals surface area (Å²) in [6, 6.07) is 0.463. The molecule has 19 heavy (non-hydrogen) atoms. The summed E-state index contributed by atoms with van der Waals surface area (Å²) in [6.07, 6.45) is 2.87. The summed E-state index contributed by atoms with van der Waals surface area (Å²) in [5.41, 5.74) is 0. The third-order valence-electron chi connectivity index (χ3n) is 4.10. The quantitative estimate of drug-likeness (QED) is 0.908. The molecule has 1 N–H and O–H groups in total. The number of methoxy groups -OCH3 is 1. The van der Waals surface area contributed by atoms with Gasteiger partial charge >= 0.3 is 0 Å². The van der Waals surface area contributed by atoms with Gasteiger partial charge in [0.1, 0.15) is 6.33 Å². The lowest BCUT2D eigenvalue weighted by atomic mass is 9.86. The highest BCUT2D eigenvalue weighted by Crippen LogP contribution is 2.37. The monoisotopic (exact) mass is 264 g/mol. The third kappa shape index (κ3) is 2.60. The molecular weight excluding hydrogens is 240 g/mol. The van der Waals surface area contributed by atoms with Crippen LogP contribution in [0.2, 0.25) is 0 Å². The van der Waals surface area contributed by atoms with E-state index in [2.05, 4.69) is 41.0 Å². The number of nitrogens with zero attached hydrogens (tertiary/aromatic N) is 3. The molecule has 1 aromatic rings. The first kappa shape index (κ1) is 13.9. The van der Waals surface area contributed by atoms with Crippen molar-refractivity contribution >= 4 is 11.6 Å². The van der Waals surface area contributed by atoms with Crippen molar-refractivity contribution in [3.63, 3.8) is 0 Å². The molecule has 1 aliphatic rings. The van der Waals surface area contributed by atoms with E-state index in [0.29, 0.717) is 17.9 Å². The number of anilines is 2. The molecule has 0 aromatic carbocycles. The van der Waals surface area contributed by atoms with Crippen LogP contribution in [0.25, 0.3) is 0 Å². The Morgan fingerprint density at radius 3 is 2.68 bits per heavy atom. The van der Waals surface area contributed by atoms with Crippen LogP contribution in [0.3, 0.4) is 0 Å². The molecule has 0 radical (unpaired) electrons. The molecule has 0 bridgehead atoms. The van der Waals surface area contributed by atoms with Gasteiger partial charge in [-0.2, -0.15) is 0 Å². The predicted molar refractivity (Wildman–Crippen MR) is 77.9 cm³/mol.